The third-order valence-electron chi connectivity index (χ3n) is 9.38. The van der Waals surface area contributed by atoms with E-state index in [1.54, 1.807) is 30.3 Å². The standard InChI is InChI=1S/C27H29F5O3S/c1-24-14-21(15-3-7-18(8-4-15)36(2)35)23-19-10-6-17(33)13-16(19)5-9-20(23)22(24)11-12-25(24,34)26(28,29)27(30,31)32/h3-4,7-8,13,20-22,34H,5-6,9-12,14H2,1-2H3/t20-,21+,22-,24-,25-,36?/m0/s1. The van der Waals surface area contributed by atoms with Gasteiger partial charge in [0.15, 0.2) is 5.78 Å². The molecule has 36 heavy (non-hydrogen) atoms. The lowest BCUT2D eigenvalue weighted by Crippen LogP contribution is -2.65. The number of hydrogen-bond donors (Lipinski definition) is 1. The van der Waals surface area contributed by atoms with Gasteiger partial charge in [0, 0.05) is 39.7 Å². The summed E-state index contributed by atoms with van der Waals surface area (Å²) in [6.45, 7) is 1.41. The fourth-order valence-corrected chi connectivity index (χ4v) is 8.13. The highest BCUT2D eigenvalue weighted by Gasteiger charge is 2.79. The second kappa shape index (κ2) is 8.32. The van der Waals surface area contributed by atoms with E-state index in [2.05, 4.69) is 0 Å². The normalized spacial score (nSPS) is 35.6. The molecule has 0 aromatic heterocycles. The van der Waals surface area contributed by atoms with Crippen LogP contribution in [0.5, 0.6) is 0 Å². The lowest BCUT2D eigenvalue weighted by Gasteiger charge is -2.56. The molecule has 1 unspecified atom stereocenters. The minimum atomic E-state index is -5.87. The van der Waals surface area contributed by atoms with Gasteiger partial charge < -0.3 is 5.11 Å². The molecule has 5 rings (SSSR count). The van der Waals surface area contributed by atoms with Gasteiger partial charge in [0.2, 0.25) is 0 Å². The molecule has 0 radical (unpaired) electrons. The maximum atomic E-state index is 15.0. The van der Waals surface area contributed by atoms with Crippen molar-refractivity contribution in [1.29, 1.82) is 0 Å². The zero-order chi connectivity index (χ0) is 26.3. The predicted octanol–water partition coefficient (Wildman–Crippen LogP) is 6.25. The monoisotopic (exact) mass is 528 g/mol. The second-order valence-corrected chi connectivity index (χ2v) is 12.4. The summed E-state index contributed by atoms with van der Waals surface area (Å²) in [6, 6.07) is 6.90. The van der Waals surface area contributed by atoms with E-state index >= 15 is 0 Å². The summed E-state index contributed by atoms with van der Waals surface area (Å²) in [7, 11) is -1.23. The van der Waals surface area contributed by atoms with Crippen molar-refractivity contribution in [3.05, 3.63) is 52.6 Å². The molecule has 1 aromatic rings. The molecule has 2 fully saturated rings. The Morgan fingerprint density at radius 3 is 2.31 bits per heavy atom. The van der Waals surface area contributed by atoms with Crippen molar-refractivity contribution in [2.75, 3.05) is 6.26 Å². The van der Waals surface area contributed by atoms with Gasteiger partial charge in [-0.15, -0.1) is 0 Å². The van der Waals surface area contributed by atoms with Gasteiger partial charge in [-0.1, -0.05) is 24.6 Å². The summed E-state index contributed by atoms with van der Waals surface area (Å²) < 4.78 is 82.7. The summed E-state index contributed by atoms with van der Waals surface area (Å²) in [4.78, 5) is 12.7. The number of ketones is 1. The lowest BCUT2D eigenvalue weighted by atomic mass is 9.50. The van der Waals surface area contributed by atoms with Crippen molar-refractivity contribution in [3.63, 3.8) is 0 Å². The van der Waals surface area contributed by atoms with E-state index in [1.165, 1.54) is 13.2 Å². The van der Waals surface area contributed by atoms with Crippen molar-refractivity contribution in [1.82, 2.24) is 0 Å². The van der Waals surface area contributed by atoms with Crippen molar-refractivity contribution in [3.8, 4) is 0 Å². The average Bonchev–Trinajstić information content (AvgIpc) is 3.09. The highest BCUT2D eigenvalue weighted by molar-refractivity contribution is 7.84. The molecule has 0 amide bonds. The van der Waals surface area contributed by atoms with Crippen LogP contribution in [0.15, 0.2) is 52.0 Å². The number of fused-ring (bicyclic) bond motifs is 4. The number of alkyl halides is 5. The van der Waals surface area contributed by atoms with E-state index in [-0.39, 0.29) is 24.5 Å². The Morgan fingerprint density at radius 2 is 1.69 bits per heavy atom. The number of halogens is 5. The molecule has 196 valence electrons. The van der Waals surface area contributed by atoms with Crippen LogP contribution >= 0.6 is 0 Å². The van der Waals surface area contributed by atoms with Crippen LogP contribution < -0.4 is 0 Å². The zero-order valence-corrected chi connectivity index (χ0v) is 20.9. The molecular formula is C27H29F5O3S. The van der Waals surface area contributed by atoms with Gasteiger partial charge in [0.05, 0.1) is 0 Å². The number of hydrogen-bond acceptors (Lipinski definition) is 3. The van der Waals surface area contributed by atoms with Crippen molar-refractivity contribution < 1.29 is 36.1 Å². The van der Waals surface area contributed by atoms with Crippen molar-refractivity contribution in [2.45, 2.75) is 80.4 Å². The molecule has 4 aliphatic carbocycles. The topological polar surface area (TPSA) is 54.4 Å². The van der Waals surface area contributed by atoms with Crippen LogP contribution in [0.4, 0.5) is 22.0 Å². The van der Waals surface area contributed by atoms with Crippen LogP contribution in [0.3, 0.4) is 0 Å². The molecule has 2 saturated carbocycles. The highest BCUT2D eigenvalue weighted by atomic mass is 32.2. The van der Waals surface area contributed by atoms with Gasteiger partial charge in [-0.25, -0.2) is 0 Å². The Hall–Kier alpha value is -1.87. The Labute approximate surface area is 209 Å². The minimum absolute atomic E-state index is 0.0415. The average molecular weight is 529 g/mol. The SMILES string of the molecule is CS(=O)c1ccc([C@H]2C[C@@]3(C)[C@@H](CC[C@@]3(O)C(F)(F)C(F)(F)F)[C@@H]3CCC4=CC(=O)CCC4=C32)cc1. The van der Waals surface area contributed by atoms with E-state index in [1.807, 2.05) is 0 Å². The first kappa shape index (κ1) is 25.8. The Kier molecular flexibility index (Phi) is 5.95. The van der Waals surface area contributed by atoms with Gasteiger partial charge in [-0.05, 0) is 85.3 Å². The summed E-state index contributed by atoms with van der Waals surface area (Å²) in [5, 5.41) is 11.3. The molecule has 0 spiro atoms. The number of benzene rings is 1. The maximum absolute atomic E-state index is 15.0. The molecule has 0 heterocycles. The number of rotatable bonds is 3. The first-order valence-electron chi connectivity index (χ1n) is 12.3. The van der Waals surface area contributed by atoms with Crippen LogP contribution in [0.25, 0.3) is 0 Å². The van der Waals surface area contributed by atoms with E-state index in [0.717, 1.165) is 22.3 Å². The van der Waals surface area contributed by atoms with Gasteiger partial charge in [-0.3, -0.25) is 9.00 Å². The number of aliphatic hydroxyl groups is 1. The van der Waals surface area contributed by atoms with Crippen molar-refractivity contribution >= 4 is 16.6 Å². The molecular weight excluding hydrogens is 499 g/mol. The first-order chi connectivity index (χ1) is 16.7. The molecule has 0 bridgehead atoms. The quantitative estimate of drug-likeness (QED) is 0.472. The molecule has 9 heteroatoms. The van der Waals surface area contributed by atoms with E-state index in [0.29, 0.717) is 30.6 Å². The minimum Gasteiger partial charge on any atom is -0.383 e. The summed E-state index contributed by atoms with van der Waals surface area (Å²) in [5.41, 5.74) is -1.18. The zero-order valence-electron chi connectivity index (χ0n) is 20.1. The predicted molar refractivity (Wildman–Crippen MR) is 125 cm³/mol. The van der Waals surface area contributed by atoms with Gasteiger partial charge in [0.1, 0.15) is 5.60 Å². The molecule has 1 N–H and O–H groups in total. The highest BCUT2D eigenvalue weighted by Crippen LogP contribution is 2.70. The molecule has 0 aliphatic heterocycles. The van der Waals surface area contributed by atoms with Crippen LogP contribution in [0.1, 0.15) is 63.4 Å². The number of allylic oxidation sites excluding steroid dienone is 4. The third-order valence-corrected chi connectivity index (χ3v) is 10.3. The summed E-state index contributed by atoms with van der Waals surface area (Å²) in [5.74, 6) is -6.49. The smallest absolute Gasteiger partial charge is 0.383 e. The Morgan fingerprint density at radius 1 is 1.03 bits per heavy atom. The molecule has 6 atom stereocenters. The summed E-state index contributed by atoms with van der Waals surface area (Å²) >= 11 is 0. The van der Waals surface area contributed by atoms with E-state index < -0.39 is 52.2 Å². The van der Waals surface area contributed by atoms with Crippen LogP contribution in [0.2, 0.25) is 0 Å². The number of carbonyl (C=O) groups is 1. The van der Waals surface area contributed by atoms with E-state index in [4.69, 9.17) is 0 Å². The Balaban J connectivity index is 1.69. The molecule has 1 aromatic carbocycles. The lowest BCUT2D eigenvalue weighted by molar-refractivity contribution is -0.362. The fraction of sp³-hybridized carbons (Fsp3) is 0.593. The molecule has 0 saturated heterocycles. The van der Waals surface area contributed by atoms with Crippen LogP contribution in [-0.4, -0.2) is 39.1 Å². The van der Waals surface area contributed by atoms with E-state index in [9.17, 15) is 36.1 Å². The second-order valence-electron chi connectivity index (χ2n) is 11.0. The van der Waals surface area contributed by atoms with Gasteiger partial charge in [0.25, 0.3) is 0 Å². The van der Waals surface area contributed by atoms with Crippen LogP contribution in [0, 0.1) is 17.3 Å². The molecule has 3 nitrogen and oxygen atoms in total. The van der Waals surface area contributed by atoms with Gasteiger partial charge >= 0.3 is 12.1 Å². The Bertz CT molecular complexity index is 1180. The van der Waals surface area contributed by atoms with Crippen LogP contribution in [-0.2, 0) is 15.6 Å². The third kappa shape index (κ3) is 3.51. The summed E-state index contributed by atoms with van der Waals surface area (Å²) in [6.07, 6.45) is -1.31. The van der Waals surface area contributed by atoms with Crippen molar-refractivity contribution in [2.24, 2.45) is 17.3 Å². The first-order valence-corrected chi connectivity index (χ1v) is 13.8. The maximum Gasteiger partial charge on any atom is 0.456 e. The fourth-order valence-electron chi connectivity index (χ4n) is 7.61. The van der Waals surface area contributed by atoms with Gasteiger partial charge in [-0.2, -0.15) is 22.0 Å². The largest absolute Gasteiger partial charge is 0.456 e. The molecule has 4 aliphatic rings. The number of carbonyl (C=O) groups excluding carboxylic acids is 1.